The highest BCUT2D eigenvalue weighted by Crippen LogP contribution is 2.14. The minimum atomic E-state index is -4.41. The maximum absolute atomic E-state index is 11.8. The Kier molecular flexibility index (Phi) is 6.02. The van der Waals surface area contributed by atoms with Crippen molar-refractivity contribution in [2.75, 3.05) is 45.9 Å². The molecule has 1 heterocycles. The van der Waals surface area contributed by atoms with Crippen LogP contribution in [0.15, 0.2) is 0 Å². The Morgan fingerprint density at radius 2 is 1.89 bits per heavy atom. The normalized spacial score (nSPS) is 19.5. The Morgan fingerprint density at radius 1 is 1.32 bits per heavy atom. The summed E-state index contributed by atoms with van der Waals surface area (Å²) in [6.07, 6.45) is -4.84. The third kappa shape index (κ3) is 6.74. The van der Waals surface area contributed by atoms with Crippen LogP contribution in [-0.4, -0.2) is 79.0 Å². The summed E-state index contributed by atoms with van der Waals surface area (Å²) >= 11 is 0. The number of carbonyl (C=O) groups excluding carboxylic acids is 1. The minimum Gasteiger partial charge on any atom is -0.392 e. The van der Waals surface area contributed by atoms with Gasteiger partial charge >= 0.3 is 6.18 Å². The van der Waals surface area contributed by atoms with Crippen LogP contribution in [0.4, 0.5) is 13.2 Å². The van der Waals surface area contributed by atoms with Gasteiger partial charge in [-0.05, 0) is 6.92 Å². The monoisotopic (exact) mass is 284 g/mol. The number of nitrogens with zero attached hydrogens (tertiary/aromatic N) is 2. The van der Waals surface area contributed by atoms with E-state index in [1.165, 1.54) is 4.90 Å². The number of amides is 1. The lowest BCUT2D eigenvalue weighted by Crippen LogP contribution is -2.51. The van der Waals surface area contributed by atoms with Crippen molar-refractivity contribution in [3.05, 3.63) is 0 Å². The predicted octanol–water partition coefficient (Wildman–Crippen LogP) is 0.0903. The summed E-state index contributed by atoms with van der Waals surface area (Å²) in [7, 11) is 0. The topological polar surface area (TPSA) is 53.0 Å². The molecule has 1 fully saturated rings. The molecular weight excluding hydrogens is 265 g/mol. The van der Waals surface area contributed by atoms with Gasteiger partial charge in [0.15, 0.2) is 0 Å². The Bertz CT molecular complexity index is 289. The molecule has 1 rings (SSSR count). The highest BCUT2D eigenvalue weighted by molar-refractivity contribution is 5.77. The zero-order valence-corrected chi connectivity index (χ0v) is 10.8. The summed E-state index contributed by atoms with van der Waals surface area (Å²) in [4.78, 5) is 15.1. The van der Waals surface area contributed by atoms with Gasteiger partial charge in [-0.3, -0.25) is 9.69 Å². The van der Waals surface area contributed by atoms with Crippen LogP contribution >= 0.6 is 0 Å². The van der Waals surface area contributed by atoms with Crippen molar-refractivity contribution in [1.82, 2.24) is 9.80 Å². The molecule has 5 nitrogen and oxygen atoms in total. The van der Waals surface area contributed by atoms with Crippen molar-refractivity contribution >= 4 is 5.91 Å². The first kappa shape index (κ1) is 16.2. The average molecular weight is 284 g/mol. The summed E-state index contributed by atoms with van der Waals surface area (Å²) in [6.45, 7) is 2.37. The third-order valence-corrected chi connectivity index (χ3v) is 2.74. The van der Waals surface area contributed by atoms with E-state index in [9.17, 15) is 23.1 Å². The Balaban J connectivity index is 2.22. The van der Waals surface area contributed by atoms with E-state index in [4.69, 9.17) is 0 Å². The van der Waals surface area contributed by atoms with Gasteiger partial charge in [-0.1, -0.05) is 0 Å². The Hall–Kier alpha value is -0.860. The molecule has 0 bridgehead atoms. The first-order chi connectivity index (χ1) is 8.78. The zero-order valence-electron chi connectivity index (χ0n) is 10.8. The van der Waals surface area contributed by atoms with Crippen LogP contribution in [-0.2, 0) is 9.53 Å². The van der Waals surface area contributed by atoms with Crippen molar-refractivity contribution in [2.24, 2.45) is 0 Å². The fourth-order valence-electron chi connectivity index (χ4n) is 1.90. The van der Waals surface area contributed by atoms with Crippen molar-refractivity contribution in [3.8, 4) is 0 Å². The number of ether oxygens (including phenoxy) is 1. The molecule has 1 amide bonds. The fraction of sp³-hybridized carbons (Fsp3) is 0.909. The Labute approximate surface area is 109 Å². The maximum atomic E-state index is 11.8. The van der Waals surface area contributed by atoms with E-state index < -0.39 is 31.4 Å². The second-order valence-electron chi connectivity index (χ2n) is 4.64. The van der Waals surface area contributed by atoms with Crippen molar-refractivity contribution in [2.45, 2.75) is 19.2 Å². The zero-order chi connectivity index (χ0) is 14.5. The number of halogens is 3. The van der Waals surface area contributed by atoms with E-state index in [0.717, 1.165) is 0 Å². The van der Waals surface area contributed by atoms with Gasteiger partial charge in [0.2, 0.25) is 5.91 Å². The van der Waals surface area contributed by atoms with Gasteiger partial charge in [0.1, 0.15) is 13.2 Å². The summed E-state index contributed by atoms with van der Waals surface area (Å²) in [5, 5.41) is 9.22. The van der Waals surface area contributed by atoms with Crippen molar-refractivity contribution in [1.29, 1.82) is 0 Å². The number of β-amino-alcohol motifs (C(OH)–C–C–N with tert-alkyl or cyclic N) is 1. The second kappa shape index (κ2) is 7.06. The molecule has 0 spiro atoms. The molecule has 0 radical (unpaired) electrons. The van der Waals surface area contributed by atoms with Gasteiger partial charge in [-0.2, -0.15) is 13.2 Å². The molecule has 8 heteroatoms. The van der Waals surface area contributed by atoms with Gasteiger partial charge in [0.05, 0.1) is 6.10 Å². The molecule has 1 N–H and O–H groups in total. The lowest BCUT2D eigenvalue weighted by atomic mass is 10.2. The largest absolute Gasteiger partial charge is 0.411 e. The predicted molar refractivity (Wildman–Crippen MR) is 61.6 cm³/mol. The second-order valence-corrected chi connectivity index (χ2v) is 4.64. The van der Waals surface area contributed by atoms with Gasteiger partial charge in [-0.25, -0.2) is 0 Å². The molecule has 1 saturated heterocycles. The van der Waals surface area contributed by atoms with Gasteiger partial charge in [-0.15, -0.1) is 0 Å². The molecule has 0 unspecified atom stereocenters. The number of hydrogen-bond donors (Lipinski definition) is 1. The van der Waals surface area contributed by atoms with E-state index in [0.29, 0.717) is 32.7 Å². The molecule has 0 aromatic carbocycles. The average Bonchev–Trinajstić information content (AvgIpc) is 2.27. The van der Waals surface area contributed by atoms with E-state index in [-0.39, 0.29) is 0 Å². The highest BCUT2D eigenvalue weighted by Gasteiger charge is 2.28. The van der Waals surface area contributed by atoms with Crippen LogP contribution in [0, 0.1) is 0 Å². The van der Waals surface area contributed by atoms with E-state index >= 15 is 0 Å². The fourth-order valence-corrected chi connectivity index (χ4v) is 1.90. The van der Waals surface area contributed by atoms with E-state index in [1.54, 1.807) is 6.92 Å². The SMILES string of the molecule is C[C@@H](O)CN1CCN(C(=O)COCC(F)(F)F)CC1. The van der Waals surface area contributed by atoms with Crippen molar-refractivity contribution in [3.63, 3.8) is 0 Å². The van der Waals surface area contributed by atoms with Gasteiger partial charge < -0.3 is 14.7 Å². The lowest BCUT2D eigenvalue weighted by molar-refractivity contribution is -0.178. The molecule has 0 aromatic heterocycles. The lowest BCUT2D eigenvalue weighted by Gasteiger charge is -2.35. The quantitative estimate of drug-likeness (QED) is 0.777. The molecular formula is C11H19F3N2O3. The van der Waals surface area contributed by atoms with Gasteiger partial charge in [0, 0.05) is 32.7 Å². The number of piperazine rings is 1. The molecule has 1 aliphatic rings. The molecule has 0 aromatic rings. The van der Waals surface area contributed by atoms with Crippen LogP contribution in [0.5, 0.6) is 0 Å². The molecule has 19 heavy (non-hydrogen) atoms. The van der Waals surface area contributed by atoms with Crippen molar-refractivity contribution < 1.29 is 27.8 Å². The first-order valence-corrected chi connectivity index (χ1v) is 6.10. The number of alkyl halides is 3. The van der Waals surface area contributed by atoms with E-state index in [2.05, 4.69) is 4.74 Å². The maximum Gasteiger partial charge on any atom is 0.411 e. The number of carbonyl (C=O) groups is 1. The summed E-state index contributed by atoms with van der Waals surface area (Å²) in [5.41, 5.74) is 0. The van der Waals surface area contributed by atoms with Crippen LogP contribution in [0.25, 0.3) is 0 Å². The number of rotatable bonds is 5. The Morgan fingerprint density at radius 3 is 2.37 bits per heavy atom. The highest BCUT2D eigenvalue weighted by atomic mass is 19.4. The summed E-state index contributed by atoms with van der Waals surface area (Å²) < 4.78 is 39.9. The summed E-state index contributed by atoms with van der Waals surface area (Å²) in [6, 6.07) is 0. The third-order valence-electron chi connectivity index (χ3n) is 2.74. The molecule has 1 atom stereocenters. The number of aliphatic hydroxyl groups excluding tert-OH is 1. The standard InChI is InChI=1S/C11H19F3N2O3/c1-9(17)6-15-2-4-16(5-3-15)10(18)7-19-8-11(12,13)14/h9,17H,2-8H2,1H3/t9-/m1/s1. The summed E-state index contributed by atoms with van der Waals surface area (Å²) in [5.74, 6) is -0.430. The number of hydrogen-bond acceptors (Lipinski definition) is 4. The van der Waals surface area contributed by atoms with Crippen LogP contribution in [0.2, 0.25) is 0 Å². The van der Waals surface area contributed by atoms with E-state index in [1.807, 2.05) is 4.90 Å². The smallest absolute Gasteiger partial charge is 0.392 e. The minimum absolute atomic E-state index is 0.430. The first-order valence-electron chi connectivity index (χ1n) is 6.10. The van der Waals surface area contributed by atoms with Gasteiger partial charge in [0.25, 0.3) is 0 Å². The van der Waals surface area contributed by atoms with Crippen LogP contribution in [0.3, 0.4) is 0 Å². The molecule has 0 saturated carbocycles. The van der Waals surface area contributed by atoms with Crippen LogP contribution in [0.1, 0.15) is 6.92 Å². The number of aliphatic hydroxyl groups is 1. The molecule has 1 aliphatic heterocycles. The molecule has 112 valence electrons. The molecule has 0 aliphatic carbocycles. The van der Waals surface area contributed by atoms with Crippen LogP contribution < -0.4 is 0 Å².